The van der Waals surface area contributed by atoms with Gasteiger partial charge in [-0.05, 0) is 20.8 Å². The van der Waals surface area contributed by atoms with Crippen LogP contribution in [0.3, 0.4) is 0 Å². The van der Waals surface area contributed by atoms with Crippen LogP contribution in [-0.2, 0) is 12.1 Å². The fourth-order valence-corrected chi connectivity index (χ4v) is 1.40. The molecular formula is C9H17N8+. The van der Waals surface area contributed by atoms with E-state index in [-0.39, 0.29) is 11.5 Å². The second-order valence-electron chi connectivity index (χ2n) is 5.10. The largest absolute Gasteiger partial charge is 0.245 e. The van der Waals surface area contributed by atoms with Crippen LogP contribution in [0.4, 0.5) is 0 Å². The van der Waals surface area contributed by atoms with E-state index in [1.165, 1.54) is 0 Å². The number of H-pyrrole nitrogens is 1. The molecule has 0 radical (unpaired) electrons. The summed E-state index contributed by atoms with van der Waals surface area (Å²) < 4.78 is 3.61. The summed E-state index contributed by atoms with van der Waals surface area (Å²) >= 11 is 0. The summed E-state index contributed by atoms with van der Waals surface area (Å²) in [5, 5.41) is 22.1. The van der Waals surface area contributed by atoms with Crippen LogP contribution in [0.5, 0.6) is 0 Å². The number of nitrogens with zero attached hydrogens (tertiary/aromatic N) is 7. The van der Waals surface area contributed by atoms with Crippen molar-refractivity contribution in [1.82, 2.24) is 35.7 Å². The maximum Gasteiger partial charge on any atom is 0.245 e. The van der Waals surface area contributed by atoms with Crippen molar-refractivity contribution in [2.24, 2.45) is 0 Å². The number of aromatic amines is 1. The molecule has 1 atom stereocenters. The third kappa shape index (κ3) is 2.63. The van der Waals surface area contributed by atoms with Crippen LogP contribution in [0.1, 0.15) is 39.4 Å². The molecule has 2 aromatic rings. The van der Waals surface area contributed by atoms with Gasteiger partial charge in [-0.25, -0.2) is 0 Å². The molecule has 8 nitrogen and oxygen atoms in total. The van der Waals surface area contributed by atoms with Crippen molar-refractivity contribution in [3.8, 4) is 0 Å². The second-order valence-corrected chi connectivity index (χ2v) is 5.10. The van der Waals surface area contributed by atoms with E-state index in [9.17, 15) is 0 Å². The smallest absolute Gasteiger partial charge is 0.177 e. The van der Waals surface area contributed by atoms with E-state index in [4.69, 9.17) is 0 Å². The predicted octanol–water partition coefficient (Wildman–Crippen LogP) is -0.363. The number of nitrogens with one attached hydrogen (secondary N) is 1. The minimum absolute atomic E-state index is 0.0619. The zero-order chi connectivity index (χ0) is 12.5. The first kappa shape index (κ1) is 11.6. The Bertz CT molecular complexity index is 465. The Morgan fingerprint density at radius 2 is 2.24 bits per heavy atom. The second kappa shape index (κ2) is 4.19. The fraction of sp³-hybridized carbons (Fsp3) is 0.778. The van der Waals surface area contributed by atoms with Crippen LogP contribution in [0.2, 0.25) is 0 Å². The summed E-state index contributed by atoms with van der Waals surface area (Å²) in [6.07, 6.45) is 1.89. The maximum atomic E-state index is 4.09. The van der Waals surface area contributed by atoms with Gasteiger partial charge in [0.25, 0.3) is 0 Å². The van der Waals surface area contributed by atoms with Crippen LogP contribution >= 0.6 is 0 Å². The van der Waals surface area contributed by atoms with E-state index < -0.39 is 0 Å². The van der Waals surface area contributed by atoms with Crippen molar-refractivity contribution >= 4 is 0 Å². The molecule has 1 unspecified atom stereocenters. The normalized spacial score (nSPS) is 13.9. The van der Waals surface area contributed by atoms with E-state index in [0.29, 0.717) is 12.4 Å². The maximum absolute atomic E-state index is 4.09. The van der Waals surface area contributed by atoms with E-state index in [2.05, 4.69) is 51.8 Å². The monoisotopic (exact) mass is 237 g/mol. The Morgan fingerprint density at radius 1 is 1.47 bits per heavy atom. The lowest BCUT2D eigenvalue weighted by atomic mass is 10.1. The Hall–Kier alpha value is -1.86. The number of hydrogen-bond acceptors (Lipinski definition) is 5. The van der Waals surface area contributed by atoms with Gasteiger partial charge in [0.2, 0.25) is 6.33 Å². The SMILES string of the molecule is CC(C[n+]1cn(C(C)(C)C)nn1)c1nn[nH]n1. The molecule has 1 N–H and O–H groups in total. The molecule has 0 saturated carbocycles. The first-order valence-corrected chi connectivity index (χ1v) is 5.52. The summed E-state index contributed by atoms with van der Waals surface area (Å²) in [5.74, 6) is 0.826. The van der Waals surface area contributed by atoms with Gasteiger partial charge < -0.3 is 0 Å². The predicted molar refractivity (Wildman–Crippen MR) is 57.8 cm³/mol. The summed E-state index contributed by atoms with van der Waals surface area (Å²) in [6, 6.07) is 0. The number of rotatable bonds is 3. The van der Waals surface area contributed by atoms with E-state index in [0.717, 1.165) is 0 Å². The van der Waals surface area contributed by atoms with Gasteiger partial charge in [-0.2, -0.15) is 5.21 Å². The first-order chi connectivity index (χ1) is 7.97. The molecule has 0 aromatic carbocycles. The summed E-state index contributed by atoms with van der Waals surface area (Å²) in [7, 11) is 0. The zero-order valence-electron chi connectivity index (χ0n) is 10.5. The van der Waals surface area contributed by atoms with Crippen molar-refractivity contribution in [3.05, 3.63) is 12.2 Å². The highest BCUT2D eigenvalue weighted by Crippen LogP contribution is 2.10. The molecule has 0 bridgehead atoms. The third-order valence-electron chi connectivity index (χ3n) is 2.44. The molecule has 2 heterocycles. The van der Waals surface area contributed by atoms with Gasteiger partial charge in [-0.1, -0.05) is 16.8 Å². The number of tetrazole rings is 2. The molecule has 0 aliphatic rings. The van der Waals surface area contributed by atoms with Crippen molar-refractivity contribution in [2.75, 3.05) is 0 Å². The first-order valence-electron chi connectivity index (χ1n) is 5.52. The van der Waals surface area contributed by atoms with E-state index in [1.807, 2.05) is 17.9 Å². The molecule has 92 valence electrons. The van der Waals surface area contributed by atoms with Gasteiger partial charge >= 0.3 is 0 Å². The highest BCUT2D eigenvalue weighted by atomic mass is 15.6. The summed E-state index contributed by atoms with van der Waals surface area (Å²) in [6.45, 7) is 8.93. The van der Waals surface area contributed by atoms with Crippen molar-refractivity contribution in [3.63, 3.8) is 0 Å². The molecular weight excluding hydrogens is 220 g/mol. The standard InChI is InChI=1S/C9H17N8/c1-7(8-10-12-13-11-8)5-16-6-17(15-14-16)9(2,3)4/h6-7H,5H2,1-4H3,(H,10,11,12,13)/q+1. The third-order valence-corrected chi connectivity index (χ3v) is 2.44. The molecule has 2 aromatic heterocycles. The van der Waals surface area contributed by atoms with Crippen LogP contribution in [0.15, 0.2) is 6.33 Å². The average Bonchev–Trinajstić information content (AvgIpc) is 2.85. The topological polar surface area (TPSA) is 89.0 Å². The lowest BCUT2D eigenvalue weighted by Crippen LogP contribution is -2.38. The molecule has 2 rings (SSSR count). The average molecular weight is 237 g/mol. The van der Waals surface area contributed by atoms with Gasteiger partial charge in [-0.15, -0.1) is 14.9 Å². The van der Waals surface area contributed by atoms with Gasteiger partial charge in [-0.3, -0.25) is 0 Å². The van der Waals surface area contributed by atoms with Crippen molar-refractivity contribution < 1.29 is 4.68 Å². The summed E-state index contributed by atoms with van der Waals surface area (Å²) in [4.78, 5) is 0. The minimum atomic E-state index is -0.0619. The van der Waals surface area contributed by atoms with Crippen molar-refractivity contribution in [2.45, 2.75) is 45.7 Å². The molecule has 0 amide bonds. The minimum Gasteiger partial charge on any atom is -0.177 e. The molecule has 0 aliphatic heterocycles. The molecule has 8 heteroatoms. The highest BCUT2D eigenvalue weighted by Gasteiger charge is 2.24. The molecule has 17 heavy (non-hydrogen) atoms. The zero-order valence-corrected chi connectivity index (χ0v) is 10.5. The quantitative estimate of drug-likeness (QED) is 0.736. The van der Waals surface area contributed by atoms with Gasteiger partial charge in [0.15, 0.2) is 11.0 Å². The summed E-state index contributed by atoms with van der Waals surface area (Å²) in [5.41, 5.74) is -0.0619. The lowest BCUT2D eigenvalue weighted by molar-refractivity contribution is -0.757. The Morgan fingerprint density at radius 3 is 2.76 bits per heavy atom. The van der Waals surface area contributed by atoms with Crippen LogP contribution in [0, 0.1) is 0 Å². The molecule has 0 aliphatic carbocycles. The number of hydrogen-bond donors (Lipinski definition) is 1. The molecule has 0 spiro atoms. The molecule has 0 saturated heterocycles. The Labute approximate surface area is 99.0 Å². The van der Waals surface area contributed by atoms with E-state index >= 15 is 0 Å². The van der Waals surface area contributed by atoms with Crippen LogP contribution in [0.25, 0.3) is 0 Å². The Kier molecular flexibility index (Phi) is 2.86. The van der Waals surface area contributed by atoms with Gasteiger partial charge in [0.05, 0.1) is 5.92 Å². The van der Waals surface area contributed by atoms with Gasteiger partial charge in [0, 0.05) is 0 Å². The van der Waals surface area contributed by atoms with Gasteiger partial charge in [0.1, 0.15) is 17.3 Å². The van der Waals surface area contributed by atoms with E-state index in [1.54, 1.807) is 4.68 Å². The Balaban J connectivity index is 2.07. The lowest BCUT2D eigenvalue weighted by Gasteiger charge is -2.09. The van der Waals surface area contributed by atoms with Crippen LogP contribution in [-0.4, -0.2) is 35.7 Å². The molecule has 0 fully saturated rings. The highest BCUT2D eigenvalue weighted by molar-refractivity contribution is 4.84. The van der Waals surface area contributed by atoms with Crippen LogP contribution < -0.4 is 4.68 Å². The number of aromatic nitrogens is 8. The fourth-order valence-electron chi connectivity index (χ4n) is 1.40. The van der Waals surface area contributed by atoms with Crippen molar-refractivity contribution in [1.29, 1.82) is 0 Å².